The van der Waals surface area contributed by atoms with E-state index >= 15 is 0 Å². The van der Waals surface area contributed by atoms with Crippen molar-refractivity contribution < 1.29 is 0 Å². The van der Waals surface area contributed by atoms with E-state index in [9.17, 15) is 0 Å². The van der Waals surface area contributed by atoms with Crippen LogP contribution in [0, 0.1) is 5.92 Å². The minimum Gasteiger partial charge on any atom is -0.327 e. The van der Waals surface area contributed by atoms with Crippen LogP contribution in [0.25, 0.3) is 11.0 Å². The van der Waals surface area contributed by atoms with Crippen LogP contribution in [0.1, 0.15) is 25.6 Å². The molecule has 2 aromatic rings. The monoisotopic (exact) mass is 263 g/mol. The predicted octanol–water partition coefficient (Wildman–Crippen LogP) is 3.03. The van der Waals surface area contributed by atoms with E-state index in [1.165, 1.54) is 5.82 Å². The summed E-state index contributed by atoms with van der Waals surface area (Å²) in [6, 6.07) is 5.96. The lowest BCUT2D eigenvalue weighted by molar-refractivity contribution is 0.522. The minimum atomic E-state index is 0.494. The molecule has 0 radical (unpaired) electrons. The number of aromatic nitrogens is 2. The van der Waals surface area contributed by atoms with Crippen LogP contribution >= 0.6 is 11.6 Å². The number of rotatable bonds is 2. The van der Waals surface area contributed by atoms with E-state index in [4.69, 9.17) is 16.6 Å². The van der Waals surface area contributed by atoms with Gasteiger partial charge in [-0.15, -0.1) is 0 Å². The molecule has 2 atom stereocenters. The van der Waals surface area contributed by atoms with Crippen LogP contribution in [-0.4, -0.2) is 22.6 Å². The van der Waals surface area contributed by atoms with Crippen molar-refractivity contribution in [3.8, 4) is 0 Å². The molecule has 1 saturated heterocycles. The number of imidazole rings is 1. The van der Waals surface area contributed by atoms with E-state index < -0.39 is 0 Å². The summed E-state index contributed by atoms with van der Waals surface area (Å²) < 4.78 is 2.27. The predicted molar refractivity (Wildman–Crippen MR) is 75.2 cm³/mol. The van der Waals surface area contributed by atoms with Gasteiger partial charge in [0.1, 0.15) is 5.82 Å². The summed E-state index contributed by atoms with van der Waals surface area (Å²) in [7, 11) is 0. The van der Waals surface area contributed by atoms with Crippen molar-refractivity contribution in [1.29, 1.82) is 0 Å². The molecule has 3 rings (SSSR count). The highest BCUT2D eigenvalue weighted by molar-refractivity contribution is 6.35. The molecule has 1 aliphatic rings. The first-order chi connectivity index (χ1) is 8.72. The lowest BCUT2D eigenvalue weighted by atomic mass is 9.97. The van der Waals surface area contributed by atoms with Crippen molar-refractivity contribution in [3.63, 3.8) is 0 Å². The van der Waals surface area contributed by atoms with Crippen molar-refractivity contribution in [1.82, 2.24) is 14.9 Å². The Morgan fingerprint density at radius 2 is 2.28 bits per heavy atom. The molecule has 1 aliphatic heterocycles. The number of nitrogens with one attached hydrogen (secondary N) is 1. The highest BCUT2D eigenvalue weighted by Gasteiger charge is 2.29. The second-order valence-electron chi connectivity index (χ2n) is 5.06. The summed E-state index contributed by atoms with van der Waals surface area (Å²) in [5.41, 5.74) is 2.09. The summed E-state index contributed by atoms with van der Waals surface area (Å²) >= 11 is 6.32. The van der Waals surface area contributed by atoms with Crippen molar-refractivity contribution in [3.05, 3.63) is 29.0 Å². The van der Waals surface area contributed by atoms with Gasteiger partial charge in [0.25, 0.3) is 0 Å². The first-order valence-electron chi connectivity index (χ1n) is 6.57. The van der Waals surface area contributed by atoms with Crippen LogP contribution < -0.4 is 5.32 Å². The van der Waals surface area contributed by atoms with Gasteiger partial charge in [0.05, 0.1) is 16.1 Å². The third-order valence-corrected chi connectivity index (χ3v) is 4.22. The molecule has 0 saturated carbocycles. The summed E-state index contributed by atoms with van der Waals surface area (Å²) in [5, 5.41) is 4.24. The summed E-state index contributed by atoms with van der Waals surface area (Å²) in [4.78, 5) is 4.82. The Labute approximate surface area is 112 Å². The molecule has 3 nitrogen and oxygen atoms in total. The first kappa shape index (κ1) is 12.0. The lowest BCUT2D eigenvalue weighted by Gasteiger charge is -2.15. The maximum atomic E-state index is 6.32. The zero-order valence-corrected chi connectivity index (χ0v) is 11.5. The Morgan fingerprint density at radius 3 is 2.94 bits per heavy atom. The SMILES string of the molecule is CCn1c(C2CNCC2C)nc2cccc(Cl)c21. The Balaban J connectivity index is 2.20. The largest absolute Gasteiger partial charge is 0.327 e. The molecular weight excluding hydrogens is 246 g/mol. The first-order valence-corrected chi connectivity index (χ1v) is 6.95. The minimum absolute atomic E-state index is 0.494. The van der Waals surface area contributed by atoms with E-state index in [1.54, 1.807) is 0 Å². The number of fused-ring (bicyclic) bond motifs is 1. The van der Waals surface area contributed by atoms with Gasteiger partial charge < -0.3 is 9.88 Å². The quantitative estimate of drug-likeness (QED) is 0.903. The van der Waals surface area contributed by atoms with Gasteiger partial charge in [-0.25, -0.2) is 4.98 Å². The zero-order valence-electron chi connectivity index (χ0n) is 10.8. The summed E-state index contributed by atoms with van der Waals surface area (Å²) in [6.07, 6.45) is 0. The van der Waals surface area contributed by atoms with Gasteiger partial charge in [0.2, 0.25) is 0 Å². The van der Waals surface area contributed by atoms with Gasteiger partial charge in [-0.3, -0.25) is 0 Å². The van der Waals surface area contributed by atoms with Crippen LogP contribution in [0.2, 0.25) is 5.02 Å². The lowest BCUT2D eigenvalue weighted by Crippen LogP contribution is -2.14. The van der Waals surface area contributed by atoms with Crippen LogP contribution in [0.4, 0.5) is 0 Å². The Morgan fingerprint density at radius 1 is 1.44 bits per heavy atom. The molecule has 0 aliphatic carbocycles. The van der Waals surface area contributed by atoms with Gasteiger partial charge in [-0.2, -0.15) is 0 Å². The average molecular weight is 264 g/mol. The van der Waals surface area contributed by atoms with E-state index in [1.807, 2.05) is 18.2 Å². The van der Waals surface area contributed by atoms with Gasteiger partial charge in [-0.05, 0) is 31.5 Å². The van der Waals surface area contributed by atoms with E-state index in [0.29, 0.717) is 11.8 Å². The molecule has 1 N–H and O–H groups in total. The molecule has 96 valence electrons. The van der Waals surface area contributed by atoms with Crippen molar-refractivity contribution >= 4 is 22.6 Å². The van der Waals surface area contributed by atoms with Gasteiger partial charge in [0, 0.05) is 19.0 Å². The normalized spacial score (nSPS) is 23.9. The number of nitrogens with zero attached hydrogens (tertiary/aromatic N) is 2. The van der Waals surface area contributed by atoms with E-state index in [2.05, 4.69) is 23.7 Å². The van der Waals surface area contributed by atoms with E-state index in [0.717, 1.165) is 35.7 Å². The summed E-state index contributed by atoms with van der Waals surface area (Å²) in [5.74, 6) is 2.30. The highest BCUT2D eigenvalue weighted by atomic mass is 35.5. The van der Waals surface area contributed by atoms with Crippen LogP contribution in [-0.2, 0) is 6.54 Å². The molecule has 18 heavy (non-hydrogen) atoms. The fourth-order valence-electron chi connectivity index (χ4n) is 2.92. The fourth-order valence-corrected chi connectivity index (χ4v) is 3.19. The summed E-state index contributed by atoms with van der Waals surface area (Å²) in [6.45, 7) is 7.44. The molecule has 1 fully saturated rings. The molecule has 4 heteroatoms. The van der Waals surface area contributed by atoms with Gasteiger partial charge in [-0.1, -0.05) is 24.6 Å². The third-order valence-electron chi connectivity index (χ3n) is 3.91. The van der Waals surface area contributed by atoms with Crippen molar-refractivity contribution in [2.75, 3.05) is 13.1 Å². The zero-order chi connectivity index (χ0) is 12.7. The molecule has 1 aromatic carbocycles. The molecule has 0 bridgehead atoms. The second kappa shape index (κ2) is 4.56. The molecule has 0 spiro atoms. The van der Waals surface area contributed by atoms with Crippen LogP contribution in [0.15, 0.2) is 18.2 Å². The van der Waals surface area contributed by atoms with Gasteiger partial charge >= 0.3 is 0 Å². The molecule has 2 heterocycles. The number of halogens is 1. The standard InChI is InChI=1S/C14H18ClN3/c1-3-18-13-11(15)5-4-6-12(13)17-14(18)10-8-16-7-9(10)2/h4-6,9-10,16H,3,7-8H2,1-2H3. The maximum Gasteiger partial charge on any atom is 0.114 e. The number of hydrogen-bond acceptors (Lipinski definition) is 2. The van der Waals surface area contributed by atoms with Gasteiger partial charge in [0.15, 0.2) is 0 Å². The number of benzene rings is 1. The van der Waals surface area contributed by atoms with E-state index in [-0.39, 0.29) is 0 Å². The van der Waals surface area contributed by atoms with Crippen LogP contribution in [0.5, 0.6) is 0 Å². The molecular formula is C14H18ClN3. The molecule has 2 unspecified atom stereocenters. The fraction of sp³-hybridized carbons (Fsp3) is 0.500. The highest BCUT2D eigenvalue weighted by Crippen LogP contribution is 2.32. The topological polar surface area (TPSA) is 29.9 Å². The Hall–Kier alpha value is -1.06. The third kappa shape index (κ3) is 1.73. The number of hydrogen-bond donors (Lipinski definition) is 1. The Kier molecular flexibility index (Phi) is 3.04. The van der Waals surface area contributed by atoms with Crippen molar-refractivity contribution in [2.24, 2.45) is 5.92 Å². The second-order valence-corrected chi connectivity index (χ2v) is 5.47. The smallest absolute Gasteiger partial charge is 0.114 e. The van der Waals surface area contributed by atoms with Crippen molar-refractivity contribution in [2.45, 2.75) is 26.3 Å². The molecule has 1 aromatic heterocycles. The average Bonchev–Trinajstić information content (AvgIpc) is 2.92. The molecule has 0 amide bonds. The number of aryl methyl sites for hydroxylation is 1. The number of para-hydroxylation sites is 1. The Bertz CT molecular complexity index is 576. The maximum absolute atomic E-state index is 6.32. The van der Waals surface area contributed by atoms with Crippen LogP contribution in [0.3, 0.4) is 0 Å².